The topological polar surface area (TPSA) is 53.5 Å². The maximum atomic E-state index is 12.0. The maximum absolute atomic E-state index is 12.0. The number of nitrogens with one attached hydrogen (secondary N) is 2. The Hall–Kier alpha value is -1.66. The van der Waals surface area contributed by atoms with Crippen molar-refractivity contribution in [3.8, 4) is 0 Å². The number of carbonyl (C=O) groups is 1. The van der Waals surface area contributed by atoms with Crippen molar-refractivity contribution in [2.45, 2.75) is 26.7 Å². The molecule has 25 heavy (non-hydrogen) atoms. The SMILES string of the molecule is C/C(CCc1ccccc1)=N/NC(=O)CNc1c(Br)cc(C)cc1Br. The van der Waals surface area contributed by atoms with Crippen LogP contribution in [0.2, 0.25) is 0 Å². The molecule has 0 fully saturated rings. The number of amides is 1. The zero-order valence-corrected chi connectivity index (χ0v) is 17.4. The molecule has 0 unspecified atom stereocenters. The van der Waals surface area contributed by atoms with E-state index in [1.165, 1.54) is 5.56 Å². The first-order valence-corrected chi connectivity index (χ1v) is 9.59. The van der Waals surface area contributed by atoms with E-state index in [1.807, 2.05) is 44.2 Å². The van der Waals surface area contributed by atoms with Crippen molar-refractivity contribution in [2.24, 2.45) is 5.10 Å². The summed E-state index contributed by atoms with van der Waals surface area (Å²) in [5, 5.41) is 7.28. The minimum absolute atomic E-state index is 0.149. The molecule has 2 aromatic rings. The van der Waals surface area contributed by atoms with Crippen molar-refractivity contribution >= 4 is 49.2 Å². The first kappa shape index (κ1) is 19.7. The van der Waals surface area contributed by atoms with Gasteiger partial charge < -0.3 is 5.32 Å². The number of rotatable bonds is 7. The van der Waals surface area contributed by atoms with Crippen LogP contribution in [0.5, 0.6) is 0 Å². The molecule has 6 heteroatoms. The highest BCUT2D eigenvalue weighted by Gasteiger charge is 2.08. The Morgan fingerprint density at radius 2 is 1.76 bits per heavy atom. The number of halogens is 2. The normalized spacial score (nSPS) is 11.3. The predicted octanol–water partition coefficient (Wildman–Crippen LogP) is 5.06. The van der Waals surface area contributed by atoms with Gasteiger partial charge in [0.1, 0.15) is 0 Å². The molecule has 0 saturated heterocycles. The van der Waals surface area contributed by atoms with Crippen LogP contribution < -0.4 is 10.7 Å². The van der Waals surface area contributed by atoms with Gasteiger partial charge in [-0.1, -0.05) is 30.3 Å². The van der Waals surface area contributed by atoms with Crippen LogP contribution >= 0.6 is 31.9 Å². The van der Waals surface area contributed by atoms with Crippen molar-refractivity contribution < 1.29 is 4.79 Å². The summed E-state index contributed by atoms with van der Waals surface area (Å²) < 4.78 is 1.82. The molecular formula is C19H21Br2N3O. The van der Waals surface area contributed by atoms with E-state index < -0.39 is 0 Å². The molecule has 2 rings (SSSR count). The Kier molecular flexibility index (Phi) is 7.65. The lowest BCUT2D eigenvalue weighted by Crippen LogP contribution is -2.27. The molecule has 0 atom stereocenters. The molecule has 0 radical (unpaired) electrons. The van der Waals surface area contributed by atoms with Gasteiger partial charge in [-0.15, -0.1) is 0 Å². The van der Waals surface area contributed by atoms with Gasteiger partial charge in [0.2, 0.25) is 0 Å². The van der Waals surface area contributed by atoms with Gasteiger partial charge in [0.05, 0.1) is 12.2 Å². The Morgan fingerprint density at radius 3 is 2.40 bits per heavy atom. The molecule has 0 heterocycles. The van der Waals surface area contributed by atoms with Gasteiger partial charge in [0.25, 0.3) is 5.91 Å². The maximum Gasteiger partial charge on any atom is 0.259 e. The van der Waals surface area contributed by atoms with Crippen molar-refractivity contribution in [1.29, 1.82) is 0 Å². The van der Waals surface area contributed by atoms with Crippen LogP contribution in [0.25, 0.3) is 0 Å². The summed E-state index contributed by atoms with van der Waals surface area (Å²) in [5.41, 5.74) is 6.74. The highest BCUT2D eigenvalue weighted by molar-refractivity contribution is 9.11. The number of hydrazone groups is 1. The fraction of sp³-hybridized carbons (Fsp3) is 0.263. The standard InChI is InChI=1S/C19H21Br2N3O/c1-13-10-16(20)19(17(21)11-13)22-12-18(25)24-23-14(2)8-9-15-6-4-3-5-7-15/h3-7,10-11,22H,8-9,12H2,1-2H3,(H,24,25)/b23-14-. The predicted molar refractivity (Wildman–Crippen MR) is 111 cm³/mol. The largest absolute Gasteiger partial charge is 0.374 e. The molecule has 2 aromatic carbocycles. The van der Waals surface area contributed by atoms with Crippen LogP contribution in [0.3, 0.4) is 0 Å². The fourth-order valence-electron chi connectivity index (χ4n) is 2.26. The smallest absolute Gasteiger partial charge is 0.259 e. The molecule has 0 saturated carbocycles. The molecule has 0 aromatic heterocycles. The minimum atomic E-state index is -0.182. The van der Waals surface area contributed by atoms with E-state index in [0.717, 1.165) is 38.7 Å². The van der Waals surface area contributed by atoms with Gasteiger partial charge in [-0.2, -0.15) is 5.10 Å². The van der Waals surface area contributed by atoms with Crippen molar-refractivity contribution in [2.75, 3.05) is 11.9 Å². The van der Waals surface area contributed by atoms with Crippen LogP contribution in [0.4, 0.5) is 5.69 Å². The van der Waals surface area contributed by atoms with Crippen LogP contribution in [0.1, 0.15) is 24.5 Å². The minimum Gasteiger partial charge on any atom is -0.374 e. The molecule has 0 spiro atoms. The quantitative estimate of drug-likeness (QED) is 0.442. The molecule has 4 nitrogen and oxygen atoms in total. The number of aryl methyl sites for hydroxylation is 2. The molecule has 0 aliphatic heterocycles. The van der Waals surface area contributed by atoms with E-state index in [2.05, 4.69) is 59.8 Å². The van der Waals surface area contributed by atoms with Gasteiger partial charge in [-0.25, -0.2) is 5.43 Å². The molecule has 132 valence electrons. The molecular weight excluding hydrogens is 446 g/mol. The highest BCUT2D eigenvalue weighted by atomic mass is 79.9. The number of benzene rings is 2. The summed E-state index contributed by atoms with van der Waals surface area (Å²) in [4.78, 5) is 12.0. The average Bonchev–Trinajstić information content (AvgIpc) is 2.58. The van der Waals surface area contributed by atoms with Gasteiger partial charge in [-0.05, 0) is 81.8 Å². The van der Waals surface area contributed by atoms with Gasteiger partial charge in [0, 0.05) is 14.7 Å². The van der Waals surface area contributed by atoms with Gasteiger partial charge >= 0.3 is 0 Å². The summed E-state index contributed by atoms with van der Waals surface area (Å²) in [6.07, 6.45) is 1.72. The third-order valence-electron chi connectivity index (χ3n) is 3.60. The Balaban J connectivity index is 1.80. The lowest BCUT2D eigenvalue weighted by atomic mass is 10.1. The van der Waals surface area contributed by atoms with Gasteiger partial charge in [-0.3, -0.25) is 4.79 Å². The second-order valence-corrected chi connectivity index (χ2v) is 7.53. The molecule has 0 aliphatic carbocycles. The third kappa shape index (κ3) is 6.63. The highest BCUT2D eigenvalue weighted by Crippen LogP contribution is 2.32. The van der Waals surface area contributed by atoms with Crippen molar-refractivity contribution in [1.82, 2.24) is 5.43 Å². The lowest BCUT2D eigenvalue weighted by Gasteiger charge is -2.11. The Labute approximate surface area is 165 Å². The lowest BCUT2D eigenvalue weighted by molar-refractivity contribution is -0.119. The first-order valence-electron chi connectivity index (χ1n) is 8.01. The second kappa shape index (κ2) is 9.73. The van der Waals surface area contributed by atoms with Crippen LogP contribution in [-0.4, -0.2) is 18.2 Å². The number of hydrogen-bond acceptors (Lipinski definition) is 3. The van der Waals surface area contributed by atoms with Crippen LogP contribution in [0, 0.1) is 6.92 Å². The van der Waals surface area contributed by atoms with Crippen LogP contribution in [-0.2, 0) is 11.2 Å². The summed E-state index contributed by atoms with van der Waals surface area (Å²) in [7, 11) is 0. The van der Waals surface area contributed by atoms with E-state index in [0.29, 0.717) is 0 Å². The summed E-state index contributed by atoms with van der Waals surface area (Å²) in [6.45, 7) is 4.08. The Morgan fingerprint density at radius 1 is 1.12 bits per heavy atom. The van der Waals surface area contributed by atoms with E-state index >= 15 is 0 Å². The monoisotopic (exact) mass is 465 g/mol. The van der Waals surface area contributed by atoms with E-state index in [1.54, 1.807) is 0 Å². The van der Waals surface area contributed by atoms with Crippen molar-refractivity contribution in [3.05, 3.63) is 62.5 Å². The van der Waals surface area contributed by atoms with E-state index in [9.17, 15) is 4.79 Å². The van der Waals surface area contributed by atoms with Gasteiger partial charge in [0.15, 0.2) is 0 Å². The zero-order chi connectivity index (χ0) is 18.2. The molecule has 0 bridgehead atoms. The zero-order valence-electron chi connectivity index (χ0n) is 14.3. The number of carbonyl (C=O) groups excluding carboxylic acids is 1. The van der Waals surface area contributed by atoms with Crippen molar-refractivity contribution in [3.63, 3.8) is 0 Å². The Bertz CT molecular complexity index is 738. The summed E-state index contributed by atoms with van der Waals surface area (Å²) >= 11 is 7.00. The number of anilines is 1. The van der Waals surface area contributed by atoms with Crippen LogP contribution in [0.15, 0.2) is 56.5 Å². The fourth-order valence-corrected chi connectivity index (χ4v) is 3.96. The third-order valence-corrected chi connectivity index (χ3v) is 4.85. The summed E-state index contributed by atoms with van der Waals surface area (Å²) in [5.74, 6) is -0.182. The second-order valence-electron chi connectivity index (χ2n) is 5.82. The number of hydrogen-bond donors (Lipinski definition) is 2. The number of nitrogens with zero attached hydrogens (tertiary/aromatic N) is 1. The average molecular weight is 467 g/mol. The molecule has 1 amide bonds. The summed E-state index contributed by atoms with van der Waals surface area (Å²) in [6, 6.07) is 14.2. The van der Waals surface area contributed by atoms with E-state index in [-0.39, 0.29) is 12.5 Å². The molecule has 0 aliphatic rings. The first-order chi connectivity index (χ1) is 12.0. The molecule has 2 N–H and O–H groups in total. The van der Waals surface area contributed by atoms with E-state index in [4.69, 9.17) is 0 Å².